The highest BCUT2D eigenvalue weighted by Crippen LogP contribution is 2.42. The van der Waals surface area contributed by atoms with Crippen molar-refractivity contribution < 1.29 is 4.74 Å². The molecule has 1 unspecified atom stereocenters. The van der Waals surface area contributed by atoms with Crippen LogP contribution in [-0.4, -0.2) is 7.11 Å². The van der Waals surface area contributed by atoms with E-state index < -0.39 is 0 Å². The maximum absolute atomic E-state index is 5.21. The summed E-state index contributed by atoms with van der Waals surface area (Å²) in [5, 5.41) is 0. The molecule has 1 nitrogen and oxygen atoms in total. The fourth-order valence-corrected chi connectivity index (χ4v) is 4.88. The highest BCUT2D eigenvalue weighted by molar-refractivity contribution is 9.11. The van der Waals surface area contributed by atoms with Gasteiger partial charge in [-0.05, 0) is 52.2 Å². The van der Waals surface area contributed by atoms with Crippen LogP contribution in [0.15, 0.2) is 32.5 Å². The van der Waals surface area contributed by atoms with Crippen molar-refractivity contribution in [3.05, 3.63) is 48.5 Å². The number of methoxy groups -OCH3 is 1. The third-order valence-corrected chi connectivity index (χ3v) is 6.78. The summed E-state index contributed by atoms with van der Waals surface area (Å²) in [6.45, 7) is 2.10. The van der Waals surface area contributed by atoms with E-state index in [9.17, 15) is 0 Å². The molecule has 0 amide bonds. The summed E-state index contributed by atoms with van der Waals surface area (Å²) in [5.41, 5.74) is 2.47. The molecule has 0 aliphatic carbocycles. The zero-order valence-corrected chi connectivity index (χ0v) is 15.4. The highest BCUT2D eigenvalue weighted by atomic mass is 79.9. The molecule has 2 aromatic rings. The van der Waals surface area contributed by atoms with Crippen LogP contribution in [-0.2, 0) is 0 Å². The quantitative estimate of drug-likeness (QED) is 0.511. The van der Waals surface area contributed by atoms with Crippen molar-refractivity contribution in [3.8, 4) is 5.75 Å². The second kappa shape index (κ2) is 6.07. The van der Waals surface area contributed by atoms with Crippen LogP contribution in [0.25, 0.3) is 0 Å². The van der Waals surface area contributed by atoms with Crippen molar-refractivity contribution in [1.29, 1.82) is 0 Å². The third-order valence-electron chi connectivity index (χ3n) is 2.61. The third kappa shape index (κ3) is 3.00. The zero-order chi connectivity index (χ0) is 13.3. The van der Waals surface area contributed by atoms with Gasteiger partial charge in [-0.1, -0.05) is 37.9 Å². The molecule has 0 saturated carbocycles. The molecule has 0 bridgehead atoms. The lowest BCUT2D eigenvalue weighted by Gasteiger charge is -2.11. The smallest absolute Gasteiger partial charge is 0.120 e. The van der Waals surface area contributed by atoms with Gasteiger partial charge in [-0.3, -0.25) is 0 Å². The monoisotopic (exact) mass is 452 g/mol. The van der Waals surface area contributed by atoms with Crippen LogP contribution in [0.4, 0.5) is 0 Å². The van der Waals surface area contributed by atoms with Gasteiger partial charge in [0, 0.05) is 9.35 Å². The summed E-state index contributed by atoms with van der Waals surface area (Å²) in [4.78, 5) is 1.47. The van der Waals surface area contributed by atoms with E-state index in [1.807, 2.05) is 12.1 Å². The van der Waals surface area contributed by atoms with E-state index in [4.69, 9.17) is 4.74 Å². The average molecular weight is 455 g/mol. The Bertz CT molecular complexity index is 546. The number of aryl methyl sites for hydroxylation is 1. The maximum Gasteiger partial charge on any atom is 0.120 e. The first-order valence-electron chi connectivity index (χ1n) is 5.26. The van der Waals surface area contributed by atoms with Crippen molar-refractivity contribution in [3.63, 3.8) is 0 Å². The first-order valence-corrected chi connectivity index (χ1v) is 8.58. The Morgan fingerprint density at radius 2 is 1.94 bits per heavy atom. The topological polar surface area (TPSA) is 9.23 Å². The first kappa shape index (κ1) is 14.6. The van der Waals surface area contributed by atoms with Gasteiger partial charge in [0.05, 0.1) is 15.7 Å². The molecule has 1 atom stereocenters. The van der Waals surface area contributed by atoms with Crippen molar-refractivity contribution >= 4 is 59.1 Å². The second-order valence-corrected chi connectivity index (χ2v) is 8.03. The van der Waals surface area contributed by atoms with Gasteiger partial charge in [-0.2, -0.15) is 0 Å². The summed E-state index contributed by atoms with van der Waals surface area (Å²) >= 11 is 12.7. The first-order chi connectivity index (χ1) is 8.52. The molecule has 1 aromatic heterocycles. The normalized spacial score (nSPS) is 12.5. The molecule has 0 radical (unpaired) electrons. The van der Waals surface area contributed by atoms with Crippen molar-refractivity contribution in [2.75, 3.05) is 7.11 Å². The molecule has 2 rings (SSSR count). The number of halogens is 3. The minimum Gasteiger partial charge on any atom is -0.497 e. The summed E-state index contributed by atoms with van der Waals surface area (Å²) in [6.07, 6.45) is 0. The van der Waals surface area contributed by atoms with Gasteiger partial charge >= 0.3 is 0 Å². The molecule has 0 fully saturated rings. The van der Waals surface area contributed by atoms with Crippen LogP contribution in [0.2, 0.25) is 0 Å². The number of benzene rings is 1. The fraction of sp³-hybridized carbons (Fsp3) is 0.231. The number of hydrogen-bond donors (Lipinski definition) is 0. The number of alkyl halides is 1. The standard InChI is InChI=1S/C13H11Br3OS/c1-7-5-11(18-13(7)16)12(15)9-4-3-8(17-2)6-10(9)14/h3-6,12H,1-2H3. The Labute approximate surface area is 136 Å². The van der Waals surface area contributed by atoms with Crippen LogP contribution in [0.5, 0.6) is 5.75 Å². The van der Waals surface area contributed by atoms with Crippen LogP contribution in [0.1, 0.15) is 20.8 Å². The van der Waals surface area contributed by atoms with Crippen molar-refractivity contribution in [1.82, 2.24) is 0 Å². The lowest BCUT2D eigenvalue weighted by atomic mass is 10.1. The van der Waals surface area contributed by atoms with Gasteiger partial charge in [0.2, 0.25) is 0 Å². The Balaban J connectivity index is 2.36. The Morgan fingerprint density at radius 3 is 2.44 bits per heavy atom. The molecule has 18 heavy (non-hydrogen) atoms. The summed E-state index contributed by atoms with van der Waals surface area (Å²) in [6, 6.07) is 8.24. The summed E-state index contributed by atoms with van der Waals surface area (Å²) < 4.78 is 7.44. The molecule has 5 heteroatoms. The number of ether oxygens (including phenoxy) is 1. The molecule has 0 N–H and O–H groups in total. The molecule has 0 spiro atoms. The average Bonchev–Trinajstić information content (AvgIpc) is 2.68. The molecule has 1 heterocycles. The minimum absolute atomic E-state index is 0.188. The molecule has 96 valence electrons. The summed E-state index contributed by atoms with van der Waals surface area (Å²) in [5.74, 6) is 0.855. The van der Waals surface area contributed by atoms with E-state index in [2.05, 4.69) is 66.8 Å². The van der Waals surface area contributed by atoms with E-state index in [1.165, 1.54) is 19.8 Å². The zero-order valence-electron chi connectivity index (χ0n) is 9.84. The number of hydrogen-bond acceptors (Lipinski definition) is 2. The van der Waals surface area contributed by atoms with E-state index >= 15 is 0 Å². The van der Waals surface area contributed by atoms with Gasteiger partial charge in [-0.25, -0.2) is 0 Å². The second-order valence-electron chi connectivity index (χ2n) is 3.86. The number of rotatable bonds is 3. The Kier molecular flexibility index (Phi) is 4.92. The van der Waals surface area contributed by atoms with Crippen molar-refractivity contribution in [2.45, 2.75) is 11.8 Å². The van der Waals surface area contributed by atoms with Crippen molar-refractivity contribution in [2.24, 2.45) is 0 Å². The van der Waals surface area contributed by atoms with Crippen LogP contribution < -0.4 is 4.74 Å². The van der Waals surface area contributed by atoms with Crippen LogP contribution >= 0.6 is 59.1 Å². The van der Waals surface area contributed by atoms with Crippen LogP contribution in [0, 0.1) is 6.92 Å². The van der Waals surface area contributed by atoms with Gasteiger partial charge in [0.1, 0.15) is 5.75 Å². The number of thiophene rings is 1. The lowest BCUT2D eigenvalue weighted by molar-refractivity contribution is 0.414. The van der Waals surface area contributed by atoms with Crippen LogP contribution in [0.3, 0.4) is 0 Å². The molecular formula is C13H11Br3OS. The van der Waals surface area contributed by atoms with E-state index in [0.717, 1.165) is 10.2 Å². The molecule has 0 aliphatic heterocycles. The van der Waals surface area contributed by atoms with E-state index in [1.54, 1.807) is 18.4 Å². The predicted molar refractivity (Wildman–Crippen MR) is 88.2 cm³/mol. The largest absolute Gasteiger partial charge is 0.497 e. The van der Waals surface area contributed by atoms with Gasteiger partial charge in [0.25, 0.3) is 0 Å². The molecule has 0 saturated heterocycles. The van der Waals surface area contributed by atoms with Gasteiger partial charge in [-0.15, -0.1) is 11.3 Å². The summed E-state index contributed by atoms with van der Waals surface area (Å²) in [7, 11) is 1.67. The molecule has 1 aromatic carbocycles. The minimum atomic E-state index is 0.188. The maximum atomic E-state index is 5.21. The lowest BCUT2D eigenvalue weighted by Crippen LogP contribution is -1.92. The van der Waals surface area contributed by atoms with Gasteiger partial charge in [0.15, 0.2) is 0 Å². The Hall–Kier alpha value is 0.160. The molecular weight excluding hydrogens is 444 g/mol. The SMILES string of the molecule is COc1ccc(C(Br)c2cc(C)c(Br)s2)c(Br)c1. The van der Waals surface area contributed by atoms with Gasteiger partial charge < -0.3 is 4.74 Å². The van der Waals surface area contributed by atoms with E-state index in [-0.39, 0.29) is 4.83 Å². The fourth-order valence-electron chi connectivity index (χ4n) is 1.60. The highest BCUT2D eigenvalue weighted by Gasteiger charge is 2.17. The predicted octanol–water partition coefficient (Wildman–Crippen LogP) is 6.07. The van der Waals surface area contributed by atoms with E-state index in [0.29, 0.717) is 0 Å². The molecule has 0 aliphatic rings. The Morgan fingerprint density at radius 1 is 1.22 bits per heavy atom.